The molecule has 0 unspecified atom stereocenters. The van der Waals surface area contributed by atoms with E-state index in [0.717, 1.165) is 6.42 Å². The van der Waals surface area contributed by atoms with Crippen LogP contribution in [0.15, 0.2) is 18.2 Å². The SMILES string of the molecule is CCCN(CC(=O)N(C)C)c1cc(N)cc([N+](=O)[O-])c1. The molecule has 20 heavy (non-hydrogen) atoms. The van der Waals surface area contributed by atoms with Crippen LogP contribution in [0.2, 0.25) is 0 Å². The van der Waals surface area contributed by atoms with Gasteiger partial charge in [0.1, 0.15) is 0 Å². The number of anilines is 2. The van der Waals surface area contributed by atoms with Gasteiger partial charge in [0.2, 0.25) is 5.91 Å². The first-order valence-corrected chi connectivity index (χ1v) is 6.35. The summed E-state index contributed by atoms with van der Waals surface area (Å²) >= 11 is 0. The number of nitro benzene ring substituents is 1. The molecule has 1 aromatic carbocycles. The smallest absolute Gasteiger partial charge is 0.273 e. The van der Waals surface area contributed by atoms with Gasteiger partial charge < -0.3 is 15.5 Å². The maximum atomic E-state index is 11.8. The number of non-ortho nitro benzene ring substituents is 1. The van der Waals surface area contributed by atoms with Crippen LogP contribution >= 0.6 is 0 Å². The number of rotatable bonds is 6. The van der Waals surface area contributed by atoms with Gasteiger partial charge in [-0.25, -0.2) is 0 Å². The molecule has 0 saturated heterocycles. The number of nitrogens with zero attached hydrogens (tertiary/aromatic N) is 3. The summed E-state index contributed by atoms with van der Waals surface area (Å²) in [7, 11) is 3.35. The van der Waals surface area contributed by atoms with Crippen molar-refractivity contribution >= 4 is 23.0 Å². The lowest BCUT2D eigenvalue weighted by atomic mass is 10.2. The van der Waals surface area contributed by atoms with Crippen LogP contribution in [0.5, 0.6) is 0 Å². The fourth-order valence-electron chi connectivity index (χ4n) is 1.78. The van der Waals surface area contributed by atoms with Gasteiger partial charge in [-0.3, -0.25) is 14.9 Å². The van der Waals surface area contributed by atoms with E-state index in [1.165, 1.54) is 17.0 Å². The Bertz CT molecular complexity index is 502. The second kappa shape index (κ2) is 6.74. The van der Waals surface area contributed by atoms with Crippen LogP contribution in [-0.2, 0) is 4.79 Å². The molecule has 1 rings (SSSR count). The molecule has 0 aliphatic rings. The molecule has 0 aliphatic carbocycles. The van der Waals surface area contributed by atoms with E-state index in [1.807, 2.05) is 6.92 Å². The molecule has 2 N–H and O–H groups in total. The fourth-order valence-corrected chi connectivity index (χ4v) is 1.78. The van der Waals surface area contributed by atoms with Crippen LogP contribution in [0.4, 0.5) is 17.1 Å². The van der Waals surface area contributed by atoms with Crippen LogP contribution in [0.1, 0.15) is 13.3 Å². The van der Waals surface area contributed by atoms with Crippen LogP contribution in [0, 0.1) is 10.1 Å². The highest BCUT2D eigenvalue weighted by Crippen LogP contribution is 2.25. The first-order chi connectivity index (χ1) is 9.35. The van der Waals surface area contributed by atoms with Crippen molar-refractivity contribution in [2.45, 2.75) is 13.3 Å². The molecule has 0 spiro atoms. The van der Waals surface area contributed by atoms with Crippen molar-refractivity contribution in [2.75, 3.05) is 37.8 Å². The quantitative estimate of drug-likeness (QED) is 0.484. The molecule has 110 valence electrons. The van der Waals surface area contributed by atoms with E-state index in [0.29, 0.717) is 17.9 Å². The summed E-state index contributed by atoms with van der Waals surface area (Å²) in [5, 5.41) is 10.9. The molecule has 7 heteroatoms. The Labute approximate surface area is 118 Å². The highest BCUT2D eigenvalue weighted by molar-refractivity contribution is 5.81. The summed E-state index contributed by atoms with van der Waals surface area (Å²) in [6.45, 7) is 2.77. The van der Waals surface area contributed by atoms with E-state index >= 15 is 0 Å². The minimum absolute atomic E-state index is 0.0662. The van der Waals surface area contributed by atoms with E-state index in [9.17, 15) is 14.9 Å². The van der Waals surface area contributed by atoms with Gasteiger partial charge in [0.05, 0.1) is 11.5 Å². The van der Waals surface area contributed by atoms with E-state index in [1.54, 1.807) is 25.1 Å². The monoisotopic (exact) mass is 280 g/mol. The minimum Gasteiger partial charge on any atom is -0.398 e. The topological polar surface area (TPSA) is 92.7 Å². The van der Waals surface area contributed by atoms with Gasteiger partial charge in [-0.2, -0.15) is 0 Å². The van der Waals surface area contributed by atoms with Gasteiger partial charge in [0.15, 0.2) is 0 Å². The van der Waals surface area contributed by atoms with Gasteiger partial charge in [-0.05, 0) is 12.5 Å². The molecular weight excluding hydrogens is 260 g/mol. The lowest BCUT2D eigenvalue weighted by Gasteiger charge is -2.25. The zero-order valence-electron chi connectivity index (χ0n) is 12.0. The van der Waals surface area contributed by atoms with E-state index in [-0.39, 0.29) is 18.1 Å². The van der Waals surface area contributed by atoms with Crippen molar-refractivity contribution in [1.29, 1.82) is 0 Å². The molecule has 0 fully saturated rings. The van der Waals surface area contributed by atoms with Crippen LogP contribution in [-0.4, -0.2) is 42.9 Å². The Kier molecular flexibility index (Phi) is 5.31. The number of nitrogens with two attached hydrogens (primary N) is 1. The Hall–Kier alpha value is -2.31. The van der Waals surface area contributed by atoms with Crippen molar-refractivity contribution in [2.24, 2.45) is 0 Å². The molecule has 7 nitrogen and oxygen atoms in total. The molecule has 0 aromatic heterocycles. The molecule has 1 aromatic rings. The number of benzene rings is 1. The van der Waals surface area contributed by atoms with Gasteiger partial charge in [0, 0.05) is 44.1 Å². The lowest BCUT2D eigenvalue weighted by Crippen LogP contribution is -2.37. The molecule has 0 heterocycles. The number of carbonyl (C=O) groups is 1. The summed E-state index contributed by atoms with van der Waals surface area (Å²) in [6.07, 6.45) is 0.823. The number of carbonyl (C=O) groups excluding carboxylic acids is 1. The van der Waals surface area contributed by atoms with Crippen molar-refractivity contribution < 1.29 is 9.72 Å². The normalized spacial score (nSPS) is 10.2. The zero-order chi connectivity index (χ0) is 15.3. The Morgan fingerprint density at radius 2 is 2.00 bits per heavy atom. The second-order valence-corrected chi connectivity index (χ2v) is 4.75. The first kappa shape index (κ1) is 15.7. The van der Waals surface area contributed by atoms with Gasteiger partial charge >= 0.3 is 0 Å². The number of amides is 1. The largest absolute Gasteiger partial charge is 0.398 e. The third-order valence-corrected chi connectivity index (χ3v) is 2.82. The minimum atomic E-state index is -0.488. The molecule has 0 radical (unpaired) electrons. The maximum Gasteiger partial charge on any atom is 0.273 e. The Balaban J connectivity index is 3.07. The summed E-state index contributed by atoms with van der Waals surface area (Å²) in [5.41, 5.74) is 6.53. The van der Waals surface area contributed by atoms with E-state index < -0.39 is 4.92 Å². The second-order valence-electron chi connectivity index (χ2n) is 4.75. The zero-order valence-corrected chi connectivity index (χ0v) is 12.0. The molecule has 0 aliphatic heterocycles. The van der Waals surface area contributed by atoms with Crippen molar-refractivity contribution in [3.05, 3.63) is 28.3 Å². The molecular formula is C13H20N4O3. The Morgan fingerprint density at radius 1 is 1.35 bits per heavy atom. The fraction of sp³-hybridized carbons (Fsp3) is 0.462. The molecule has 0 atom stereocenters. The molecule has 0 bridgehead atoms. The molecule has 1 amide bonds. The summed E-state index contributed by atoms with van der Waals surface area (Å²) in [5.74, 6) is -0.0662. The number of hydrogen-bond donors (Lipinski definition) is 1. The standard InChI is InChI=1S/C13H20N4O3/c1-4-5-16(9-13(18)15(2)3)11-6-10(14)7-12(8-11)17(19)20/h6-8H,4-5,9,14H2,1-3H3. The third-order valence-electron chi connectivity index (χ3n) is 2.82. The highest BCUT2D eigenvalue weighted by atomic mass is 16.6. The summed E-state index contributed by atoms with van der Waals surface area (Å²) < 4.78 is 0. The van der Waals surface area contributed by atoms with Crippen molar-refractivity contribution in [3.8, 4) is 0 Å². The van der Waals surface area contributed by atoms with Crippen LogP contribution < -0.4 is 10.6 Å². The maximum absolute atomic E-state index is 11.8. The Morgan fingerprint density at radius 3 is 2.50 bits per heavy atom. The van der Waals surface area contributed by atoms with Gasteiger partial charge in [0.25, 0.3) is 5.69 Å². The summed E-state index contributed by atoms with van der Waals surface area (Å²) in [4.78, 5) is 25.5. The van der Waals surface area contributed by atoms with Gasteiger partial charge in [-0.15, -0.1) is 0 Å². The highest BCUT2D eigenvalue weighted by Gasteiger charge is 2.16. The number of nitrogen functional groups attached to an aromatic ring is 1. The molecule has 0 saturated carbocycles. The van der Waals surface area contributed by atoms with Crippen molar-refractivity contribution in [1.82, 2.24) is 4.90 Å². The van der Waals surface area contributed by atoms with Gasteiger partial charge in [-0.1, -0.05) is 6.92 Å². The number of likely N-dealkylation sites (N-methyl/N-ethyl adjacent to an activating group) is 1. The van der Waals surface area contributed by atoms with E-state index in [4.69, 9.17) is 5.73 Å². The van der Waals surface area contributed by atoms with Crippen molar-refractivity contribution in [3.63, 3.8) is 0 Å². The average molecular weight is 280 g/mol. The average Bonchev–Trinajstić information content (AvgIpc) is 2.37. The van der Waals surface area contributed by atoms with Crippen LogP contribution in [0.25, 0.3) is 0 Å². The third kappa shape index (κ3) is 4.11. The lowest BCUT2D eigenvalue weighted by molar-refractivity contribution is -0.384. The van der Waals surface area contributed by atoms with E-state index in [2.05, 4.69) is 0 Å². The predicted octanol–water partition coefficient (Wildman–Crippen LogP) is 1.48. The summed E-state index contributed by atoms with van der Waals surface area (Å²) in [6, 6.07) is 4.39. The van der Waals surface area contributed by atoms with Crippen LogP contribution in [0.3, 0.4) is 0 Å². The predicted molar refractivity (Wildman–Crippen MR) is 78.7 cm³/mol. The first-order valence-electron chi connectivity index (χ1n) is 6.35. The number of nitro groups is 1. The number of hydrogen-bond acceptors (Lipinski definition) is 5.